The lowest BCUT2D eigenvalue weighted by atomic mass is 9.91. The van der Waals surface area contributed by atoms with Crippen molar-refractivity contribution < 1.29 is 9.90 Å². The predicted molar refractivity (Wildman–Crippen MR) is 62.7 cm³/mol. The molecule has 1 aromatic rings. The molecule has 0 radical (unpaired) electrons. The first-order valence-corrected chi connectivity index (χ1v) is 5.67. The van der Waals surface area contributed by atoms with Gasteiger partial charge in [-0.2, -0.15) is 0 Å². The molecule has 0 aromatic heterocycles. The zero-order chi connectivity index (χ0) is 11.9. The number of rotatable bonds is 3. The molecule has 1 atom stereocenters. The molecule has 0 saturated heterocycles. The molecule has 1 saturated carbocycles. The van der Waals surface area contributed by atoms with E-state index in [-0.39, 0.29) is 0 Å². The molecule has 3 N–H and O–H groups in total. The van der Waals surface area contributed by atoms with Crippen LogP contribution in [-0.2, 0) is 4.79 Å². The summed E-state index contributed by atoms with van der Waals surface area (Å²) in [7, 11) is 0. The molecule has 0 bridgehead atoms. The Hall–Kier alpha value is -0.770. The standard InChI is InChI=1S/C11H11Cl2NO2/c12-6-1-2-7(8(13)5-6)9(14)11(3-4-11)10(15)16/h1-2,5,9H,3-4,14H2,(H,15,16). The van der Waals surface area contributed by atoms with Gasteiger partial charge in [-0.1, -0.05) is 29.3 Å². The largest absolute Gasteiger partial charge is 0.481 e. The summed E-state index contributed by atoms with van der Waals surface area (Å²) in [6, 6.07) is 4.37. The Balaban J connectivity index is 2.35. The lowest BCUT2D eigenvalue weighted by molar-refractivity contribution is -0.144. The maximum atomic E-state index is 11.1. The van der Waals surface area contributed by atoms with Gasteiger partial charge in [0.2, 0.25) is 0 Å². The number of aliphatic carboxylic acids is 1. The summed E-state index contributed by atoms with van der Waals surface area (Å²) in [5, 5.41) is 10.1. The molecule has 86 valence electrons. The molecule has 5 heteroatoms. The second-order valence-electron chi connectivity index (χ2n) is 4.10. The van der Waals surface area contributed by atoms with Crippen LogP contribution in [0, 0.1) is 5.41 Å². The zero-order valence-electron chi connectivity index (χ0n) is 8.41. The van der Waals surface area contributed by atoms with E-state index < -0.39 is 17.4 Å². The van der Waals surface area contributed by atoms with E-state index in [9.17, 15) is 4.79 Å². The van der Waals surface area contributed by atoms with Crippen LogP contribution in [-0.4, -0.2) is 11.1 Å². The van der Waals surface area contributed by atoms with Gasteiger partial charge in [0.15, 0.2) is 0 Å². The second-order valence-corrected chi connectivity index (χ2v) is 4.95. The Morgan fingerprint density at radius 3 is 2.50 bits per heavy atom. The van der Waals surface area contributed by atoms with Crippen LogP contribution in [0.25, 0.3) is 0 Å². The first kappa shape index (κ1) is 11.7. The normalized spacial score (nSPS) is 19.2. The average molecular weight is 260 g/mol. The fraction of sp³-hybridized carbons (Fsp3) is 0.364. The van der Waals surface area contributed by atoms with Crippen LogP contribution in [0.1, 0.15) is 24.4 Å². The predicted octanol–water partition coefficient (Wildman–Crippen LogP) is 2.86. The zero-order valence-corrected chi connectivity index (χ0v) is 9.92. The molecule has 1 fully saturated rings. The molecule has 2 rings (SSSR count). The molecule has 1 unspecified atom stereocenters. The minimum Gasteiger partial charge on any atom is -0.481 e. The van der Waals surface area contributed by atoms with E-state index in [0.717, 1.165) is 0 Å². The van der Waals surface area contributed by atoms with Crippen molar-refractivity contribution in [1.82, 2.24) is 0 Å². The summed E-state index contributed by atoms with van der Waals surface area (Å²) in [5.41, 5.74) is 5.79. The van der Waals surface area contributed by atoms with E-state index in [1.165, 1.54) is 0 Å². The molecule has 0 amide bonds. The Kier molecular flexibility index (Phi) is 2.86. The molecule has 3 nitrogen and oxygen atoms in total. The van der Waals surface area contributed by atoms with Gasteiger partial charge < -0.3 is 10.8 Å². The number of hydrogen-bond acceptors (Lipinski definition) is 2. The summed E-state index contributed by atoms with van der Waals surface area (Å²) in [6.45, 7) is 0. The molecule has 16 heavy (non-hydrogen) atoms. The smallest absolute Gasteiger partial charge is 0.311 e. The molecular formula is C11H11Cl2NO2. The van der Waals surface area contributed by atoms with Crippen molar-refractivity contribution in [3.05, 3.63) is 33.8 Å². The second kappa shape index (κ2) is 3.91. The molecule has 0 spiro atoms. The van der Waals surface area contributed by atoms with Gasteiger partial charge in [0.1, 0.15) is 0 Å². The van der Waals surface area contributed by atoms with Gasteiger partial charge >= 0.3 is 5.97 Å². The Morgan fingerprint density at radius 1 is 1.44 bits per heavy atom. The van der Waals surface area contributed by atoms with E-state index in [2.05, 4.69) is 0 Å². The molecular weight excluding hydrogens is 249 g/mol. The van der Waals surface area contributed by atoms with Gasteiger partial charge in [0.05, 0.1) is 5.41 Å². The summed E-state index contributed by atoms with van der Waals surface area (Å²) in [4.78, 5) is 11.1. The minimum atomic E-state index is -0.856. The highest BCUT2D eigenvalue weighted by atomic mass is 35.5. The molecule has 0 heterocycles. The van der Waals surface area contributed by atoms with Crippen LogP contribution in [0.4, 0.5) is 0 Å². The summed E-state index contributed by atoms with van der Waals surface area (Å²) in [5.74, 6) is -0.856. The van der Waals surface area contributed by atoms with E-state index in [1.54, 1.807) is 18.2 Å². The summed E-state index contributed by atoms with van der Waals surface area (Å²) >= 11 is 11.8. The van der Waals surface area contributed by atoms with E-state index in [1.807, 2.05) is 0 Å². The molecule has 1 aromatic carbocycles. The van der Waals surface area contributed by atoms with E-state index in [0.29, 0.717) is 28.5 Å². The van der Waals surface area contributed by atoms with E-state index in [4.69, 9.17) is 34.0 Å². The van der Waals surface area contributed by atoms with Crippen LogP contribution in [0.2, 0.25) is 10.0 Å². The lowest BCUT2D eigenvalue weighted by Gasteiger charge is -2.20. The maximum Gasteiger partial charge on any atom is 0.311 e. The van der Waals surface area contributed by atoms with E-state index >= 15 is 0 Å². The third kappa shape index (κ3) is 1.79. The highest BCUT2D eigenvalue weighted by Gasteiger charge is 2.55. The van der Waals surface area contributed by atoms with Crippen molar-refractivity contribution in [1.29, 1.82) is 0 Å². The number of hydrogen-bond donors (Lipinski definition) is 2. The lowest BCUT2D eigenvalue weighted by Crippen LogP contribution is -2.30. The number of carbonyl (C=O) groups is 1. The highest BCUT2D eigenvalue weighted by Crippen LogP contribution is 2.54. The van der Waals surface area contributed by atoms with Gasteiger partial charge in [-0.25, -0.2) is 0 Å². The van der Waals surface area contributed by atoms with Crippen molar-refractivity contribution in [3.8, 4) is 0 Å². The summed E-state index contributed by atoms with van der Waals surface area (Å²) in [6.07, 6.45) is 1.20. The number of carboxylic acid groups (broad SMARTS) is 1. The topological polar surface area (TPSA) is 63.3 Å². The third-order valence-corrected chi connectivity index (χ3v) is 3.67. The highest BCUT2D eigenvalue weighted by molar-refractivity contribution is 6.35. The fourth-order valence-corrected chi connectivity index (χ4v) is 2.37. The average Bonchev–Trinajstić information content (AvgIpc) is 2.97. The van der Waals surface area contributed by atoms with Crippen LogP contribution in [0.3, 0.4) is 0 Å². The Bertz CT molecular complexity index is 444. The van der Waals surface area contributed by atoms with Gasteiger partial charge in [-0.3, -0.25) is 4.79 Å². The van der Waals surface area contributed by atoms with Crippen molar-refractivity contribution in [2.24, 2.45) is 11.1 Å². The summed E-state index contributed by atoms with van der Waals surface area (Å²) < 4.78 is 0. The number of carboxylic acids is 1. The molecule has 1 aliphatic rings. The van der Waals surface area contributed by atoms with Gasteiger partial charge in [0, 0.05) is 16.1 Å². The monoisotopic (exact) mass is 259 g/mol. The van der Waals surface area contributed by atoms with Crippen LogP contribution < -0.4 is 5.73 Å². The maximum absolute atomic E-state index is 11.1. The Morgan fingerprint density at radius 2 is 2.06 bits per heavy atom. The van der Waals surface area contributed by atoms with Crippen molar-refractivity contribution >= 4 is 29.2 Å². The number of halogens is 2. The van der Waals surface area contributed by atoms with Crippen LogP contribution in [0.15, 0.2) is 18.2 Å². The van der Waals surface area contributed by atoms with Gasteiger partial charge in [-0.05, 0) is 30.5 Å². The first-order chi connectivity index (χ1) is 7.47. The first-order valence-electron chi connectivity index (χ1n) is 4.91. The van der Waals surface area contributed by atoms with Gasteiger partial charge in [0.25, 0.3) is 0 Å². The quantitative estimate of drug-likeness (QED) is 0.878. The number of nitrogens with two attached hydrogens (primary N) is 1. The molecule has 1 aliphatic carbocycles. The molecule has 0 aliphatic heterocycles. The number of benzene rings is 1. The fourth-order valence-electron chi connectivity index (χ4n) is 1.84. The van der Waals surface area contributed by atoms with Crippen LogP contribution >= 0.6 is 23.2 Å². The Labute approximate surface area is 103 Å². The van der Waals surface area contributed by atoms with Crippen molar-refractivity contribution in [3.63, 3.8) is 0 Å². The van der Waals surface area contributed by atoms with Crippen molar-refractivity contribution in [2.75, 3.05) is 0 Å². The third-order valence-electron chi connectivity index (χ3n) is 3.11. The van der Waals surface area contributed by atoms with Crippen molar-refractivity contribution in [2.45, 2.75) is 18.9 Å². The van der Waals surface area contributed by atoms with Gasteiger partial charge in [-0.15, -0.1) is 0 Å². The SMILES string of the molecule is NC(c1ccc(Cl)cc1Cl)C1(C(=O)O)CC1. The van der Waals surface area contributed by atoms with Crippen LogP contribution in [0.5, 0.6) is 0 Å². The minimum absolute atomic E-state index is 0.424.